The summed E-state index contributed by atoms with van der Waals surface area (Å²) in [6.45, 7) is 6.60. The molecule has 0 radical (unpaired) electrons. The molecule has 0 aliphatic heterocycles. The highest BCUT2D eigenvalue weighted by Crippen LogP contribution is 2.27. The van der Waals surface area contributed by atoms with Crippen molar-refractivity contribution in [2.75, 3.05) is 13.7 Å². The monoisotopic (exact) mass is 303 g/mol. The number of furan rings is 1. The number of hydrogen-bond donors (Lipinski definition) is 1. The number of rotatable bonds is 5. The van der Waals surface area contributed by atoms with Crippen molar-refractivity contribution in [3.63, 3.8) is 0 Å². The van der Waals surface area contributed by atoms with E-state index >= 15 is 0 Å². The zero-order valence-electron chi connectivity index (χ0n) is 10.5. The Morgan fingerprint density at radius 2 is 2.24 bits per heavy atom. The number of carbonyl (C=O) groups excluding carboxylic acids is 1. The van der Waals surface area contributed by atoms with E-state index < -0.39 is 5.54 Å². The molecule has 1 aromatic heterocycles. The van der Waals surface area contributed by atoms with E-state index in [2.05, 4.69) is 35.1 Å². The van der Waals surface area contributed by atoms with E-state index in [1.165, 1.54) is 7.11 Å². The Morgan fingerprint density at radius 1 is 1.59 bits per heavy atom. The summed E-state index contributed by atoms with van der Waals surface area (Å²) < 4.78 is 10.9. The third kappa shape index (κ3) is 3.33. The standard InChI is InChI=1S/C12H18BrNO3/c1-8(2)7-14-12(3,11(15)16-4)9-5-6-10(13)17-9/h5-6,8,14H,7H2,1-4H3. The van der Waals surface area contributed by atoms with Crippen LogP contribution in [0.1, 0.15) is 26.5 Å². The molecule has 5 heteroatoms. The quantitative estimate of drug-likeness (QED) is 0.850. The van der Waals surface area contributed by atoms with Crippen LogP contribution in [0.4, 0.5) is 0 Å². The molecule has 0 saturated heterocycles. The largest absolute Gasteiger partial charge is 0.467 e. The maximum absolute atomic E-state index is 11.9. The molecule has 17 heavy (non-hydrogen) atoms. The van der Waals surface area contributed by atoms with Crippen molar-refractivity contribution in [3.8, 4) is 0 Å². The Balaban J connectivity index is 2.97. The highest BCUT2D eigenvalue weighted by atomic mass is 79.9. The lowest BCUT2D eigenvalue weighted by Crippen LogP contribution is -2.48. The molecule has 1 atom stereocenters. The van der Waals surface area contributed by atoms with E-state index in [0.717, 1.165) is 0 Å². The fourth-order valence-corrected chi connectivity index (χ4v) is 1.76. The van der Waals surface area contributed by atoms with Gasteiger partial charge in [0.1, 0.15) is 5.76 Å². The number of carbonyl (C=O) groups is 1. The molecule has 1 rings (SSSR count). The van der Waals surface area contributed by atoms with E-state index in [0.29, 0.717) is 22.9 Å². The molecule has 0 aliphatic rings. The lowest BCUT2D eigenvalue weighted by atomic mass is 9.98. The van der Waals surface area contributed by atoms with Crippen LogP contribution in [0.15, 0.2) is 21.2 Å². The third-order valence-electron chi connectivity index (χ3n) is 2.52. The van der Waals surface area contributed by atoms with Gasteiger partial charge in [-0.15, -0.1) is 0 Å². The van der Waals surface area contributed by atoms with Crippen LogP contribution in [-0.2, 0) is 15.1 Å². The topological polar surface area (TPSA) is 51.5 Å². The van der Waals surface area contributed by atoms with Gasteiger partial charge in [-0.2, -0.15) is 0 Å². The van der Waals surface area contributed by atoms with Crippen molar-refractivity contribution in [2.24, 2.45) is 5.92 Å². The van der Waals surface area contributed by atoms with Crippen LogP contribution < -0.4 is 5.32 Å². The second-order valence-corrected chi connectivity index (χ2v) is 5.28. The van der Waals surface area contributed by atoms with Crippen LogP contribution in [0.5, 0.6) is 0 Å². The SMILES string of the molecule is COC(=O)C(C)(NCC(C)C)c1ccc(Br)o1. The molecule has 1 unspecified atom stereocenters. The van der Waals surface area contributed by atoms with E-state index in [1.54, 1.807) is 19.1 Å². The van der Waals surface area contributed by atoms with Gasteiger partial charge in [-0.05, 0) is 47.4 Å². The minimum atomic E-state index is -0.953. The van der Waals surface area contributed by atoms with Crippen molar-refractivity contribution in [3.05, 3.63) is 22.6 Å². The van der Waals surface area contributed by atoms with E-state index in [9.17, 15) is 4.79 Å². The predicted octanol–water partition coefficient (Wildman–Crippen LogP) is 2.68. The van der Waals surface area contributed by atoms with Crippen LogP contribution in [-0.4, -0.2) is 19.6 Å². The number of halogens is 1. The van der Waals surface area contributed by atoms with Crippen molar-refractivity contribution in [1.29, 1.82) is 0 Å². The van der Waals surface area contributed by atoms with Gasteiger partial charge in [0, 0.05) is 0 Å². The first-order valence-electron chi connectivity index (χ1n) is 5.49. The minimum Gasteiger partial charge on any atom is -0.467 e. The van der Waals surface area contributed by atoms with Crippen molar-refractivity contribution < 1.29 is 13.9 Å². The second kappa shape index (κ2) is 5.69. The molecular weight excluding hydrogens is 286 g/mol. The summed E-state index contributed by atoms with van der Waals surface area (Å²) in [6, 6.07) is 3.52. The number of methoxy groups -OCH3 is 1. The molecule has 1 heterocycles. The highest BCUT2D eigenvalue weighted by Gasteiger charge is 2.39. The van der Waals surface area contributed by atoms with Crippen molar-refractivity contribution in [2.45, 2.75) is 26.3 Å². The smallest absolute Gasteiger partial charge is 0.333 e. The second-order valence-electron chi connectivity index (χ2n) is 4.50. The first kappa shape index (κ1) is 14.3. The third-order valence-corrected chi connectivity index (χ3v) is 2.95. The summed E-state index contributed by atoms with van der Waals surface area (Å²) in [7, 11) is 1.37. The fraction of sp³-hybridized carbons (Fsp3) is 0.583. The number of esters is 1. The summed E-state index contributed by atoms with van der Waals surface area (Å²) in [5.41, 5.74) is -0.953. The van der Waals surface area contributed by atoms with Gasteiger partial charge in [0.25, 0.3) is 0 Å². The zero-order chi connectivity index (χ0) is 13.1. The van der Waals surface area contributed by atoms with Crippen molar-refractivity contribution in [1.82, 2.24) is 5.32 Å². The fourth-order valence-electron chi connectivity index (χ4n) is 1.46. The first-order chi connectivity index (χ1) is 7.90. The molecule has 0 fully saturated rings. The van der Waals surface area contributed by atoms with Gasteiger partial charge in [-0.1, -0.05) is 13.8 Å². The summed E-state index contributed by atoms with van der Waals surface area (Å²) in [5, 5.41) is 3.19. The average molecular weight is 304 g/mol. The van der Waals surface area contributed by atoms with E-state index in [4.69, 9.17) is 9.15 Å². The van der Waals surface area contributed by atoms with Gasteiger partial charge >= 0.3 is 5.97 Å². The van der Waals surface area contributed by atoms with Crippen LogP contribution in [0.3, 0.4) is 0 Å². The molecule has 0 saturated carbocycles. The van der Waals surface area contributed by atoms with Gasteiger partial charge in [0.15, 0.2) is 10.2 Å². The van der Waals surface area contributed by atoms with E-state index in [-0.39, 0.29) is 5.97 Å². The summed E-state index contributed by atoms with van der Waals surface area (Å²) in [6.07, 6.45) is 0. The van der Waals surface area contributed by atoms with Crippen LogP contribution in [0.2, 0.25) is 0 Å². The Bertz CT molecular complexity index is 389. The minimum absolute atomic E-state index is 0.361. The van der Waals surface area contributed by atoms with Gasteiger partial charge in [-0.25, -0.2) is 4.79 Å². The average Bonchev–Trinajstić information content (AvgIpc) is 2.72. The Morgan fingerprint density at radius 3 is 2.65 bits per heavy atom. The van der Waals surface area contributed by atoms with Gasteiger partial charge in [0.2, 0.25) is 0 Å². The molecule has 1 N–H and O–H groups in total. The molecular formula is C12H18BrNO3. The Kier molecular flexibility index (Phi) is 4.77. The highest BCUT2D eigenvalue weighted by molar-refractivity contribution is 9.10. The number of nitrogens with one attached hydrogen (secondary N) is 1. The van der Waals surface area contributed by atoms with Crippen LogP contribution >= 0.6 is 15.9 Å². The van der Waals surface area contributed by atoms with Crippen LogP contribution in [0.25, 0.3) is 0 Å². The summed E-state index contributed by atoms with van der Waals surface area (Å²) in [4.78, 5) is 11.9. The zero-order valence-corrected chi connectivity index (χ0v) is 12.1. The lowest BCUT2D eigenvalue weighted by molar-refractivity contribution is -0.149. The summed E-state index contributed by atoms with van der Waals surface area (Å²) in [5.74, 6) is 0.606. The first-order valence-corrected chi connectivity index (χ1v) is 6.28. The molecule has 0 bridgehead atoms. The molecule has 96 valence electrons. The predicted molar refractivity (Wildman–Crippen MR) is 68.6 cm³/mol. The number of hydrogen-bond acceptors (Lipinski definition) is 4. The Labute approximate surface area is 110 Å². The molecule has 0 spiro atoms. The van der Waals surface area contributed by atoms with Gasteiger partial charge in [0.05, 0.1) is 7.11 Å². The van der Waals surface area contributed by atoms with Gasteiger partial charge < -0.3 is 9.15 Å². The number of ether oxygens (including phenoxy) is 1. The maximum atomic E-state index is 11.9. The summed E-state index contributed by atoms with van der Waals surface area (Å²) >= 11 is 3.23. The molecule has 1 aromatic rings. The molecule has 0 amide bonds. The lowest BCUT2D eigenvalue weighted by Gasteiger charge is -2.26. The molecule has 4 nitrogen and oxygen atoms in total. The normalized spacial score (nSPS) is 14.7. The Hall–Kier alpha value is -0.810. The maximum Gasteiger partial charge on any atom is 0.333 e. The van der Waals surface area contributed by atoms with Crippen molar-refractivity contribution >= 4 is 21.9 Å². The van der Waals surface area contributed by atoms with Crippen LogP contribution in [0, 0.1) is 5.92 Å². The molecule has 0 aliphatic carbocycles. The van der Waals surface area contributed by atoms with E-state index in [1.807, 2.05) is 0 Å². The van der Waals surface area contributed by atoms with Gasteiger partial charge in [-0.3, -0.25) is 5.32 Å². The molecule has 0 aromatic carbocycles.